The van der Waals surface area contributed by atoms with Gasteiger partial charge >= 0.3 is 0 Å². The number of carbonyl (C=O) groups excluding carboxylic acids is 1. The van der Waals surface area contributed by atoms with E-state index in [2.05, 4.69) is 11.9 Å². The van der Waals surface area contributed by atoms with Gasteiger partial charge in [0.1, 0.15) is 11.6 Å². The van der Waals surface area contributed by atoms with Crippen LogP contribution >= 0.6 is 22.6 Å². The minimum Gasteiger partial charge on any atom is -0.339 e. The Morgan fingerprint density at radius 1 is 1.41 bits per heavy atom. The zero-order valence-corrected chi connectivity index (χ0v) is 14.2. The maximum atomic E-state index is 14.0. The molecule has 1 heterocycles. The molecule has 7 heteroatoms. The Bertz CT molecular complexity index is 755. The molecular formula is C15H15FIN3O2. The summed E-state index contributed by atoms with van der Waals surface area (Å²) in [5.41, 5.74) is 3.33. The van der Waals surface area contributed by atoms with Crippen LogP contribution in [0.1, 0.15) is 23.0 Å². The maximum Gasteiger partial charge on any atom is 0.176 e. The van der Waals surface area contributed by atoms with Crippen LogP contribution in [0.3, 0.4) is 0 Å². The molecule has 0 radical (unpaired) electrons. The van der Waals surface area contributed by atoms with Crippen LogP contribution in [0, 0.1) is 9.39 Å². The maximum absolute atomic E-state index is 14.0. The molecule has 1 aromatic carbocycles. The number of aromatic nitrogens is 1. The van der Waals surface area contributed by atoms with Crippen molar-refractivity contribution in [2.24, 2.45) is 7.05 Å². The van der Waals surface area contributed by atoms with Gasteiger partial charge in [0.2, 0.25) is 0 Å². The van der Waals surface area contributed by atoms with Gasteiger partial charge in [-0.25, -0.2) is 4.39 Å². The van der Waals surface area contributed by atoms with E-state index >= 15 is 0 Å². The van der Waals surface area contributed by atoms with Gasteiger partial charge in [0, 0.05) is 23.1 Å². The van der Waals surface area contributed by atoms with Crippen molar-refractivity contribution in [3.63, 3.8) is 0 Å². The normalized spacial score (nSPS) is 10.4. The summed E-state index contributed by atoms with van der Waals surface area (Å²) >= 11 is 2.02. The molecule has 22 heavy (non-hydrogen) atoms. The summed E-state index contributed by atoms with van der Waals surface area (Å²) in [7, 11) is 1.68. The van der Waals surface area contributed by atoms with Crippen molar-refractivity contribution in [2.75, 3.05) is 5.32 Å². The lowest BCUT2D eigenvalue weighted by molar-refractivity contribution is 0.101. The van der Waals surface area contributed by atoms with E-state index in [9.17, 15) is 9.18 Å². The quantitative estimate of drug-likeness (QED) is 0.396. The number of hydrogen-bond acceptors (Lipinski definition) is 4. The zero-order chi connectivity index (χ0) is 16.4. The number of hydroxylamine groups is 1. The second kappa shape index (κ2) is 6.49. The van der Waals surface area contributed by atoms with Crippen LogP contribution in [0.15, 0.2) is 30.8 Å². The van der Waals surface area contributed by atoms with E-state index < -0.39 is 5.82 Å². The van der Waals surface area contributed by atoms with Crippen molar-refractivity contribution in [1.29, 1.82) is 0 Å². The number of nitrogens with one attached hydrogen (secondary N) is 2. The van der Waals surface area contributed by atoms with Crippen LogP contribution in [0.2, 0.25) is 0 Å². The van der Waals surface area contributed by atoms with Crippen molar-refractivity contribution in [3.8, 4) is 0 Å². The van der Waals surface area contributed by atoms with E-state index in [0.29, 0.717) is 17.1 Å². The fraction of sp³-hybridized carbons (Fsp3) is 0.133. The zero-order valence-electron chi connectivity index (χ0n) is 12.1. The predicted molar refractivity (Wildman–Crippen MR) is 91.8 cm³/mol. The van der Waals surface area contributed by atoms with Gasteiger partial charge in [0.25, 0.3) is 0 Å². The van der Waals surface area contributed by atoms with E-state index in [0.717, 1.165) is 3.57 Å². The van der Waals surface area contributed by atoms with Gasteiger partial charge in [-0.05, 0) is 46.9 Å². The van der Waals surface area contributed by atoms with Gasteiger partial charge in [-0.3, -0.25) is 15.5 Å². The Morgan fingerprint density at radius 2 is 2.09 bits per heavy atom. The first-order valence-corrected chi connectivity index (χ1v) is 7.45. The third-order valence-corrected chi connectivity index (χ3v) is 3.91. The highest BCUT2D eigenvalue weighted by molar-refractivity contribution is 14.1. The monoisotopic (exact) mass is 415 g/mol. The minimum atomic E-state index is -0.411. The van der Waals surface area contributed by atoms with Crippen molar-refractivity contribution < 1.29 is 14.4 Å². The fourth-order valence-electron chi connectivity index (χ4n) is 2.10. The Hall–Kier alpha value is -1.87. The molecule has 0 saturated carbocycles. The first-order valence-electron chi connectivity index (χ1n) is 6.37. The van der Waals surface area contributed by atoms with Gasteiger partial charge in [-0.2, -0.15) is 0 Å². The smallest absolute Gasteiger partial charge is 0.176 e. The second-order valence-electron chi connectivity index (χ2n) is 4.75. The van der Waals surface area contributed by atoms with Gasteiger partial charge < -0.3 is 9.88 Å². The molecule has 5 nitrogen and oxygen atoms in total. The number of halogens is 2. The number of ketones is 1. The average molecular weight is 415 g/mol. The molecule has 1 aromatic heterocycles. The van der Waals surface area contributed by atoms with Crippen molar-refractivity contribution in [2.45, 2.75) is 6.92 Å². The molecule has 0 bridgehead atoms. The molecule has 0 aliphatic carbocycles. The fourth-order valence-corrected chi connectivity index (χ4v) is 2.55. The Balaban J connectivity index is 2.53. The number of anilines is 2. The molecule has 0 unspecified atom stereocenters. The third-order valence-electron chi connectivity index (χ3n) is 3.24. The largest absolute Gasteiger partial charge is 0.339 e. The molecule has 2 aromatic rings. The van der Waals surface area contributed by atoms with Crippen LogP contribution in [0.4, 0.5) is 15.9 Å². The lowest BCUT2D eigenvalue weighted by Gasteiger charge is -2.13. The van der Waals surface area contributed by atoms with Crippen LogP contribution in [0.5, 0.6) is 0 Å². The van der Waals surface area contributed by atoms with Crippen molar-refractivity contribution >= 4 is 45.6 Å². The van der Waals surface area contributed by atoms with Crippen LogP contribution < -0.4 is 10.8 Å². The topological polar surface area (TPSA) is 66.3 Å². The molecule has 0 saturated heterocycles. The summed E-state index contributed by atoms with van der Waals surface area (Å²) in [4.78, 5) is 11.7. The van der Waals surface area contributed by atoms with Gasteiger partial charge in [0.15, 0.2) is 5.78 Å². The van der Waals surface area contributed by atoms with Gasteiger partial charge in [0.05, 0.1) is 17.1 Å². The number of benzene rings is 1. The van der Waals surface area contributed by atoms with E-state index in [4.69, 9.17) is 5.21 Å². The number of carbonyl (C=O) groups is 1. The van der Waals surface area contributed by atoms with Crippen LogP contribution in [-0.4, -0.2) is 15.6 Å². The third kappa shape index (κ3) is 3.14. The lowest BCUT2D eigenvalue weighted by atomic mass is 10.2. The first-order chi connectivity index (χ1) is 10.3. The summed E-state index contributed by atoms with van der Waals surface area (Å²) in [5.74, 6) is -0.103. The molecule has 0 atom stereocenters. The lowest BCUT2D eigenvalue weighted by Crippen LogP contribution is -2.08. The van der Waals surface area contributed by atoms with Crippen LogP contribution in [0.25, 0.3) is 5.70 Å². The van der Waals surface area contributed by atoms with Gasteiger partial charge in [-0.1, -0.05) is 6.58 Å². The SMILES string of the molecule is C=C(NO)c1cc(C(C)=O)n(C)c1Nc1ccc(I)cc1F. The summed E-state index contributed by atoms with van der Waals surface area (Å²) in [6, 6.07) is 6.35. The summed E-state index contributed by atoms with van der Waals surface area (Å²) in [6.07, 6.45) is 0. The Morgan fingerprint density at radius 3 is 2.64 bits per heavy atom. The second-order valence-corrected chi connectivity index (χ2v) is 5.99. The van der Waals surface area contributed by atoms with Crippen LogP contribution in [-0.2, 0) is 7.05 Å². The standard InChI is InChI=1S/C15H15FIN3O2/c1-8(19-22)11-7-14(9(2)21)20(3)15(11)18-13-5-4-10(17)6-12(13)16/h4-7,18-19,22H,1H2,2-3H3. The molecule has 2 rings (SSSR count). The Labute approximate surface area is 140 Å². The number of Topliss-reactive ketones (excluding diaryl/α,β-unsaturated/α-hetero) is 1. The number of hydrogen-bond donors (Lipinski definition) is 3. The molecule has 0 fully saturated rings. The van der Waals surface area contributed by atoms with Crippen molar-refractivity contribution in [1.82, 2.24) is 10.0 Å². The van der Waals surface area contributed by atoms with Gasteiger partial charge in [-0.15, -0.1) is 0 Å². The summed E-state index contributed by atoms with van der Waals surface area (Å²) in [5, 5.41) is 12.0. The molecule has 116 valence electrons. The molecule has 0 aliphatic heterocycles. The summed E-state index contributed by atoms with van der Waals surface area (Å²) in [6.45, 7) is 5.11. The number of nitrogens with zero attached hydrogens (tertiary/aromatic N) is 1. The van der Waals surface area contributed by atoms with E-state index in [-0.39, 0.29) is 17.2 Å². The molecule has 0 aliphatic rings. The average Bonchev–Trinajstić information content (AvgIpc) is 2.78. The molecule has 3 N–H and O–H groups in total. The highest BCUT2D eigenvalue weighted by Crippen LogP contribution is 2.30. The minimum absolute atomic E-state index is 0.148. The van der Waals surface area contributed by atoms with E-state index in [1.165, 1.54) is 13.0 Å². The number of rotatable bonds is 5. The predicted octanol–water partition coefficient (Wildman–Crippen LogP) is 3.66. The Kier molecular flexibility index (Phi) is 4.87. The highest BCUT2D eigenvalue weighted by Gasteiger charge is 2.18. The van der Waals surface area contributed by atoms with Crippen molar-refractivity contribution in [3.05, 3.63) is 51.5 Å². The first kappa shape index (κ1) is 16.5. The molecular weight excluding hydrogens is 400 g/mol. The molecule has 0 spiro atoms. The summed E-state index contributed by atoms with van der Waals surface area (Å²) < 4.78 is 16.4. The highest BCUT2D eigenvalue weighted by atomic mass is 127. The van der Waals surface area contributed by atoms with E-state index in [1.807, 2.05) is 28.1 Å². The molecule has 0 amide bonds. The van der Waals surface area contributed by atoms with E-state index in [1.54, 1.807) is 29.8 Å².